The highest BCUT2D eigenvalue weighted by Crippen LogP contribution is 2.25. The Kier molecular flexibility index (Phi) is 3.46. The molecule has 3 heteroatoms. The molecule has 1 N–H and O–H groups in total. The Labute approximate surface area is 112 Å². The molecule has 1 atom stereocenters. The van der Waals surface area contributed by atoms with Crippen molar-refractivity contribution < 1.29 is 5.11 Å². The first-order valence-corrected chi connectivity index (χ1v) is 7.21. The maximum atomic E-state index is 10.2. The lowest BCUT2D eigenvalue weighted by Crippen LogP contribution is -2.33. The van der Waals surface area contributed by atoms with Crippen molar-refractivity contribution in [2.75, 3.05) is 13.1 Å². The Balaban J connectivity index is 1.65. The smallest absolute Gasteiger partial charge is 0.0917 e. The molecule has 1 aliphatic heterocycles. The molecule has 2 heterocycles. The molecule has 1 aromatic heterocycles. The molecule has 18 heavy (non-hydrogen) atoms. The number of nitrogens with zero attached hydrogens (tertiary/aromatic N) is 1. The van der Waals surface area contributed by atoms with Crippen LogP contribution in [0.5, 0.6) is 0 Å². The molecule has 0 fully saturated rings. The zero-order chi connectivity index (χ0) is 12.4. The lowest BCUT2D eigenvalue weighted by molar-refractivity contribution is 0.106. The Hall–Kier alpha value is -1.16. The van der Waals surface area contributed by atoms with Crippen molar-refractivity contribution in [3.05, 3.63) is 57.8 Å². The summed E-state index contributed by atoms with van der Waals surface area (Å²) >= 11 is 1.85. The summed E-state index contributed by atoms with van der Waals surface area (Å²) in [5.41, 5.74) is 2.44. The fraction of sp³-hybridized carbons (Fsp3) is 0.333. The van der Waals surface area contributed by atoms with Gasteiger partial charge in [-0.3, -0.25) is 4.90 Å². The molecule has 2 nitrogen and oxygen atoms in total. The monoisotopic (exact) mass is 259 g/mol. The van der Waals surface area contributed by atoms with Crippen LogP contribution >= 0.6 is 11.3 Å². The summed E-state index contributed by atoms with van der Waals surface area (Å²) in [6, 6.07) is 12.1. The molecule has 94 valence electrons. The largest absolute Gasteiger partial charge is 0.387 e. The zero-order valence-electron chi connectivity index (χ0n) is 10.2. The van der Waals surface area contributed by atoms with Gasteiger partial charge in [0.15, 0.2) is 0 Å². The molecular weight excluding hydrogens is 242 g/mol. The van der Waals surface area contributed by atoms with Crippen molar-refractivity contribution in [3.8, 4) is 0 Å². The van der Waals surface area contributed by atoms with Gasteiger partial charge in [0, 0.05) is 24.5 Å². The van der Waals surface area contributed by atoms with Crippen LogP contribution in [0.2, 0.25) is 0 Å². The van der Waals surface area contributed by atoms with Gasteiger partial charge in [0.1, 0.15) is 0 Å². The van der Waals surface area contributed by atoms with Gasteiger partial charge in [-0.2, -0.15) is 0 Å². The standard InChI is InChI=1S/C15H17NOS/c17-14(12-4-2-1-3-5-12)11-16-8-6-15-13(10-16)7-9-18-15/h1-5,7,9,14,17H,6,8,10-11H2/t14-/m1/s1. The second kappa shape index (κ2) is 5.22. The van der Waals surface area contributed by atoms with Gasteiger partial charge in [-0.25, -0.2) is 0 Å². The van der Waals surface area contributed by atoms with Crippen LogP contribution in [0.1, 0.15) is 22.1 Å². The van der Waals surface area contributed by atoms with E-state index in [1.165, 1.54) is 10.4 Å². The van der Waals surface area contributed by atoms with E-state index in [2.05, 4.69) is 16.3 Å². The number of aliphatic hydroxyl groups is 1. The molecule has 0 aliphatic carbocycles. The van der Waals surface area contributed by atoms with Crippen LogP contribution in [0.3, 0.4) is 0 Å². The van der Waals surface area contributed by atoms with E-state index in [0.717, 1.165) is 31.6 Å². The fourth-order valence-electron chi connectivity index (χ4n) is 2.49. The number of β-amino-alcohol motifs (C(OH)–C–C–N with tert-alkyl or cyclic N) is 1. The number of rotatable bonds is 3. The minimum atomic E-state index is -0.383. The SMILES string of the molecule is O[C@H](CN1CCc2sccc2C1)c1ccccc1. The molecule has 2 aromatic rings. The van der Waals surface area contributed by atoms with E-state index < -0.39 is 0 Å². The van der Waals surface area contributed by atoms with E-state index in [-0.39, 0.29) is 6.10 Å². The maximum Gasteiger partial charge on any atom is 0.0917 e. The van der Waals surface area contributed by atoms with Gasteiger partial charge >= 0.3 is 0 Å². The van der Waals surface area contributed by atoms with Crippen LogP contribution in [0.4, 0.5) is 0 Å². The number of fused-ring (bicyclic) bond motifs is 1. The van der Waals surface area contributed by atoms with Crippen molar-refractivity contribution in [1.29, 1.82) is 0 Å². The number of thiophene rings is 1. The van der Waals surface area contributed by atoms with Gasteiger partial charge < -0.3 is 5.11 Å². The Morgan fingerprint density at radius 3 is 2.89 bits per heavy atom. The summed E-state index contributed by atoms with van der Waals surface area (Å²) in [5.74, 6) is 0. The Morgan fingerprint density at radius 1 is 1.22 bits per heavy atom. The van der Waals surface area contributed by atoms with Crippen molar-refractivity contribution in [1.82, 2.24) is 4.90 Å². The Morgan fingerprint density at radius 2 is 2.06 bits per heavy atom. The van der Waals surface area contributed by atoms with E-state index >= 15 is 0 Å². The van der Waals surface area contributed by atoms with E-state index in [0.29, 0.717) is 0 Å². The van der Waals surface area contributed by atoms with Gasteiger partial charge in [-0.15, -0.1) is 11.3 Å². The highest BCUT2D eigenvalue weighted by atomic mass is 32.1. The average Bonchev–Trinajstić information content (AvgIpc) is 2.87. The minimum absolute atomic E-state index is 0.383. The summed E-state index contributed by atoms with van der Waals surface area (Å²) in [6.45, 7) is 2.75. The first-order valence-electron chi connectivity index (χ1n) is 6.33. The average molecular weight is 259 g/mol. The predicted octanol–water partition coefficient (Wildman–Crippen LogP) is 2.84. The first-order chi connectivity index (χ1) is 8.83. The lowest BCUT2D eigenvalue weighted by atomic mass is 10.1. The molecule has 0 amide bonds. The van der Waals surface area contributed by atoms with Gasteiger partial charge in [-0.1, -0.05) is 30.3 Å². The third-order valence-electron chi connectivity index (χ3n) is 3.50. The molecule has 3 rings (SSSR count). The molecule has 0 unspecified atom stereocenters. The third-order valence-corrected chi connectivity index (χ3v) is 4.53. The van der Waals surface area contributed by atoms with Crippen molar-refractivity contribution in [3.63, 3.8) is 0 Å². The number of aliphatic hydroxyl groups excluding tert-OH is 1. The third kappa shape index (κ3) is 2.48. The van der Waals surface area contributed by atoms with E-state index in [1.54, 1.807) is 0 Å². The van der Waals surface area contributed by atoms with E-state index in [4.69, 9.17) is 0 Å². The maximum absolute atomic E-state index is 10.2. The molecule has 0 saturated heterocycles. The predicted molar refractivity (Wildman–Crippen MR) is 74.7 cm³/mol. The van der Waals surface area contributed by atoms with Crippen LogP contribution < -0.4 is 0 Å². The topological polar surface area (TPSA) is 23.5 Å². The number of benzene rings is 1. The van der Waals surface area contributed by atoms with Gasteiger partial charge in [0.2, 0.25) is 0 Å². The molecule has 0 radical (unpaired) electrons. The van der Waals surface area contributed by atoms with Gasteiger partial charge in [0.05, 0.1) is 6.10 Å². The summed E-state index contributed by atoms with van der Waals surface area (Å²) in [5, 5.41) is 12.4. The minimum Gasteiger partial charge on any atom is -0.387 e. The normalized spacial score (nSPS) is 17.4. The van der Waals surface area contributed by atoms with Crippen LogP contribution in [-0.4, -0.2) is 23.1 Å². The fourth-order valence-corrected chi connectivity index (χ4v) is 3.38. The van der Waals surface area contributed by atoms with Gasteiger partial charge in [-0.05, 0) is 29.0 Å². The molecule has 0 bridgehead atoms. The van der Waals surface area contributed by atoms with E-state index in [1.807, 2.05) is 41.7 Å². The molecule has 0 saturated carbocycles. The van der Waals surface area contributed by atoms with Crippen LogP contribution in [0, 0.1) is 0 Å². The lowest BCUT2D eigenvalue weighted by Gasteiger charge is -2.28. The van der Waals surface area contributed by atoms with Crippen molar-refractivity contribution >= 4 is 11.3 Å². The number of hydrogen-bond donors (Lipinski definition) is 1. The van der Waals surface area contributed by atoms with Crippen LogP contribution in [-0.2, 0) is 13.0 Å². The quantitative estimate of drug-likeness (QED) is 0.916. The number of hydrogen-bond acceptors (Lipinski definition) is 3. The Bertz CT molecular complexity index is 508. The molecule has 1 aliphatic rings. The molecule has 1 aromatic carbocycles. The summed E-state index contributed by atoms with van der Waals surface area (Å²) in [7, 11) is 0. The molecule has 0 spiro atoms. The first kappa shape index (κ1) is 11.9. The second-order valence-corrected chi connectivity index (χ2v) is 5.78. The summed E-state index contributed by atoms with van der Waals surface area (Å²) in [6.07, 6.45) is 0.737. The highest BCUT2D eigenvalue weighted by molar-refractivity contribution is 7.10. The molecular formula is C15H17NOS. The van der Waals surface area contributed by atoms with Crippen molar-refractivity contribution in [2.45, 2.75) is 19.1 Å². The second-order valence-electron chi connectivity index (χ2n) is 4.78. The van der Waals surface area contributed by atoms with Gasteiger partial charge in [0.25, 0.3) is 0 Å². The van der Waals surface area contributed by atoms with Crippen LogP contribution in [0.25, 0.3) is 0 Å². The van der Waals surface area contributed by atoms with Crippen molar-refractivity contribution in [2.24, 2.45) is 0 Å². The van der Waals surface area contributed by atoms with Crippen LogP contribution in [0.15, 0.2) is 41.8 Å². The summed E-state index contributed by atoms with van der Waals surface area (Å²) < 4.78 is 0. The van der Waals surface area contributed by atoms with E-state index in [9.17, 15) is 5.11 Å². The highest BCUT2D eigenvalue weighted by Gasteiger charge is 2.19. The summed E-state index contributed by atoms with van der Waals surface area (Å²) in [4.78, 5) is 3.85. The zero-order valence-corrected chi connectivity index (χ0v) is 11.1.